The van der Waals surface area contributed by atoms with Gasteiger partial charge in [-0.1, -0.05) is 0 Å². The number of hydrogen-bond donors (Lipinski definition) is 2. The summed E-state index contributed by atoms with van der Waals surface area (Å²) in [6.45, 7) is 2.96. The summed E-state index contributed by atoms with van der Waals surface area (Å²) in [5.41, 5.74) is -0.321. The summed E-state index contributed by atoms with van der Waals surface area (Å²) in [5.74, 6) is -0.574. The number of amides is 1. The molecular formula is C11H15N3O3. The molecule has 1 aliphatic heterocycles. The summed E-state index contributed by atoms with van der Waals surface area (Å²) >= 11 is 0. The molecule has 1 fully saturated rings. The van der Waals surface area contributed by atoms with Crippen LogP contribution in [-0.4, -0.2) is 59.0 Å². The second kappa shape index (κ2) is 4.58. The van der Waals surface area contributed by atoms with Crippen molar-refractivity contribution in [1.29, 1.82) is 0 Å². The van der Waals surface area contributed by atoms with Crippen molar-refractivity contribution >= 4 is 5.91 Å². The van der Waals surface area contributed by atoms with Crippen LogP contribution in [0, 0.1) is 0 Å². The van der Waals surface area contributed by atoms with Gasteiger partial charge >= 0.3 is 0 Å². The number of aromatic nitrogens is 1. The minimum Gasteiger partial charge on any atom is -0.503 e. The molecule has 0 aliphatic carbocycles. The van der Waals surface area contributed by atoms with Crippen LogP contribution in [0.15, 0.2) is 17.1 Å². The normalized spacial score (nSPS) is 17.1. The van der Waals surface area contributed by atoms with E-state index in [1.165, 1.54) is 0 Å². The monoisotopic (exact) mass is 237 g/mol. The van der Waals surface area contributed by atoms with Gasteiger partial charge in [0.2, 0.25) is 5.43 Å². The van der Waals surface area contributed by atoms with Gasteiger partial charge in [-0.25, -0.2) is 0 Å². The molecule has 0 bridgehead atoms. The predicted octanol–water partition coefficient (Wildman–Crippen LogP) is -0.532. The Hall–Kier alpha value is -1.82. The molecule has 0 unspecified atom stereocenters. The molecule has 1 aromatic heterocycles. The number of H-pyrrole nitrogens is 1. The van der Waals surface area contributed by atoms with E-state index in [1.54, 1.807) is 4.90 Å². The molecule has 2 N–H and O–H groups in total. The van der Waals surface area contributed by atoms with Crippen molar-refractivity contribution in [2.75, 3.05) is 33.2 Å². The smallest absolute Gasteiger partial charge is 0.270 e. The van der Waals surface area contributed by atoms with Crippen LogP contribution in [0.25, 0.3) is 0 Å². The average Bonchev–Trinajstić information content (AvgIpc) is 2.33. The first kappa shape index (κ1) is 11.7. The molecule has 1 amide bonds. The maximum Gasteiger partial charge on any atom is 0.270 e. The summed E-state index contributed by atoms with van der Waals surface area (Å²) in [4.78, 5) is 29.7. The summed E-state index contributed by atoms with van der Waals surface area (Å²) in [6, 6.07) is 1.13. The number of piperazine rings is 1. The van der Waals surface area contributed by atoms with Crippen molar-refractivity contribution in [3.05, 3.63) is 28.2 Å². The van der Waals surface area contributed by atoms with E-state index in [0.29, 0.717) is 13.1 Å². The molecule has 92 valence electrons. The Morgan fingerprint density at radius 3 is 2.59 bits per heavy atom. The van der Waals surface area contributed by atoms with Gasteiger partial charge in [0.25, 0.3) is 5.91 Å². The van der Waals surface area contributed by atoms with Crippen LogP contribution in [0.5, 0.6) is 5.75 Å². The van der Waals surface area contributed by atoms with E-state index in [4.69, 9.17) is 5.11 Å². The molecule has 0 aromatic carbocycles. The molecule has 6 nitrogen and oxygen atoms in total. The van der Waals surface area contributed by atoms with Crippen molar-refractivity contribution in [1.82, 2.24) is 14.8 Å². The van der Waals surface area contributed by atoms with Gasteiger partial charge in [0.15, 0.2) is 5.75 Å². The lowest BCUT2D eigenvalue weighted by atomic mass is 10.2. The Morgan fingerprint density at radius 2 is 2.00 bits per heavy atom. The molecule has 6 heteroatoms. The van der Waals surface area contributed by atoms with Gasteiger partial charge in [-0.05, 0) is 7.05 Å². The zero-order valence-corrected chi connectivity index (χ0v) is 9.64. The van der Waals surface area contributed by atoms with Gasteiger partial charge in [-0.3, -0.25) is 9.59 Å². The lowest BCUT2D eigenvalue weighted by Crippen LogP contribution is -2.47. The van der Waals surface area contributed by atoms with E-state index in [0.717, 1.165) is 25.4 Å². The van der Waals surface area contributed by atoms with E-state index in [-0.39, 0.29) is 17.4 Å². The number of aromatic amines is 1. The van der Waals surface area contributed by atoms with Crippen molar-refractivity contribution < 1.29 is 9.90 Å². The molecule has 1 aromatic rings. The number of pyridine rings is 1. The number of hydrogen-bond acceptors (Lipinski definition) is 4. The maximum atomic E-state index is 12.0. The highest BCUT2D eigenvalue weighted by Gasteiger charge is 2.21. The summed E-state index contributed by atoms with van der Waals surface area (Å²) in [5, 5.41) is 9.10. The van der Waals surface area contributed by atoms with Gasteiger partial charge in [-0.2, -0.15) is 0 Å². The highest BCUT2D eigenvalue weighted by molar-refractivity contribution is 5.92. The first-order valence-electron chi connectivity index (χ1n) is 5.47. The third-order valence-electron chi connectivity index (χ3n) is 2.91. The number of rotatable bonds is 1. The molecule has 0 radical (unpaired) electrons. The van der Waals surface area contributed by atoms with Crippen LogP contribution < -0.4 is 5.43 Å². The van der Waals surface area contributed by atoms with Crippen molar-refractivity contribution in [3.63, 3.8) is 0 Å². The summed E-state index contributed by atoms with van der Waals surface area (Å²) in [6.07, 6.45) is 1.14. The Morgan fingerprint density at radius 1 is 1.35 bits per heavy atom. The van der Waals surface area contributed by atoms with E-state index in [9.17, 15) is 9.59 Å². The van der Waals surface area contributed by atoms with Crippen LogP contribution in [0.2, 0.25) is 0 Å². The molecule has 0 spiro atoms. The summed E-state index contributed by atoms with van der Waals surface area (Å²) < 4.78 is 0. The lowest BCUT2D eigenvalue weighted by Gasteiger charge is -2.32. The van der Waals surface area contributed by atoms with E-state index >= 15 is 0 Å². The Labute approximate surface area is 98.5 Å². The number of likely N-dealkylation sites (N-methyl/N-ethyl adjacent to an activating group) is 1. The maximum absolute atomic E-state index is 12.0. The van der Waals surface area contributed by atoms with E-state index < -0.39 is 5.43 Å². The molecule has 0 saturated carbocycles. The molecule has 0 atom stereocenters. The highest BCUT2D eigenvalue weighted by atomic mass is 16.3. The first-order chi connectivity index (χ1) is 8.08. The molecule has 17 heavy (non-hydrogen) atoms. The van der Waals surface area contributed by atoms with Crippen LogP contribution in [0.1, 0.15) is 10.5 Å². The minimum absolute atomic E-state index is 0.199. The van der Waals surface area contributed by atoms with Crippen LogP contribution >= 0.6 is 0 Å². The largest absolute Gasteiger partial charge is 0.503 e. The van der Waals surface area contributed by atoms with Crippen molar-refractivity contribution in [3.8, 4) is 5.75 Å². The molecule has 2 heterocycles. The third kappa shape index (κ3) is 2.47. The zero-order chi connectivity index (χ0) is 12.4. The predicted molar refractivity (Wildman–Crippen MR) is 62.1 cm³/mol. The van der Waals surface area contributed by atoms with Crippen molar-refractivity contribution in [2.24, 2.45) is 0 Å². The Bertz CT molecular complexity index is 475. The van der Waals surface area contributed by atoms with Gasteiger partial charge in [0, 0.05) is 38.4 Å². The lowest BCUT2D eigenvalue weighted by molar-refractivity contribution is 0.0658. The van der Waals surface area contributed by atoms with Gasteiger partial charge in [-0.15, -0.1) is 0 Å². The topological polar surface area (TPSA) is 76.6 Å². The third-order valence-corrected chi connectivity index (χ3v) is 2.91. The van der Waals surface area contributed by atoms with Crippen LogP contribution in [0.3, 0.4) is 0 Å². The molecule has 1 saturated heterocycles. The second-order valence-corrected chi connectivity index (χ2v) is 4.19. The Balaban J connectivity index is 2.14. The molecule has 1 aliphatic rings. The van der Waals surface area contributed by atoms with Gasteiger partial charge in [0.1, 0.15) is 5.69 Å². The first-order valence-corrected chi connectivity index (χ1v) is 5.47. The van der Waals surface area contributed by atoms with Gasteiger partial charge in [0.05, 0.1) is 0 Å². The van der Waals surface area contributed by atoms with Crippen LogP contribution in [-0.2, 0) is 0 Å². The average molecular weight is 237 g/mol. The molecular weight excluding hydrogens is 222 g/mol. The fourth-order valence-corrected chi connectivity index (χ4v) is 1.77. The van der Waals surface area contributed by atoms with E-state index in [2.05, 4.69) is 9.88 Å². The second-order valence-electron chi connectivity index (χ2n) is 4.19. The fraction of sp³-hybridized carbons (Fsp3) is 0.455. The molecule has 2 rings (SSSR count). The number of carbonyl (C=O) groups is 1. The number of nitrogens with zero attached hydrogens (tertiary/aromatic N) is 2. The van der Waals surface area contributed by atoms with Crippen LogP contribution in [0.4, 0.5) is 0 Å². The fourth-order valence-electron chi connectivity index (χ4n) is 1.77. The number of aromatic hydroxyl groups is 1. The SMILES string of the molecule is CN1CCN(C(=O)c2cc(=O)c(O)c[nH]2)CC1. The van der Waals surface area contributed by atoms with Crippen molar-refractivity contribution in [2.45, 2.75) is 0 Å². The van der Waals surface area contributed by atoms with E-state index in [1.807, 2.05) is 7.05 Å². The number of carbonyl (C=O) groups excluding carboxylic acids is 1. The quantitative estimate of drug-likeness (QED) is 0.688. The standard InChI is InChI=1S/C11H15N3O3/c1-13-2-4-14(5-3-13)11(17)8-6-9(15)10(16)7-12-8/h6-7,16H,2-5H2,1H3,(H,12,15). The zero-order valence-electron chi connectivity index (χ0n) is 9.64. The minimum atomic E-state index is -0.541. The number of nitrogens with one attached hydrogen (secondary N) is 1. The Kier molecular flexibility index (Phi) is 3.14. The van der Waals surface area contributed by atoms with Gasteiger partial charge < -0.3 is 19.9 Å². The summed E-state index contributed by atoms with van der Waals surface area (Å²) in [7, 11) is 2.00. The highest BCUT2D eigenvalue weighted by Crippen LogP contribution is 2.06.